The summed E-state index contributed by atoms with van der Waals surface area (Å²) < 4.78 is 10.9. The van der Waals surface area contributed by atoms with Gasteiger partial charge in [-0.15, -0.1) is 0 Å². The number of non-ortho nitro benzene ring substituents is 1. The topological polar surface area (TPSA) is 64.8 Å². The summed E-state index contributed by atoms with van der Waals surface area (Å²) in [4.78, 5) is 12.8. The van der Waals surface area contributed by atoms with Crippen molar-refractivity contribution in [1.82, 2.24) is 4.90 Å². The fourth-order valence-corrected chi connectivity index (χ4v) is 3.42. The average molecular weight is 342 g/mol. The van der Waals surface area contributed by atoms with Crippen LogP contribution in [0.3, 0.4) is 0 Å². The lowest BCUT2D eigenvalue weighted by atomic mass is 10.0. The number of methoxy groups -OCH3 is 2. The average Bonchev–Trinajstić information content (AvgIpc) is 3.09. The molecule has 2 aromatic rings. The smallest absolute Gasteiger partial charge is 0.269 e. The first-order valence-electron chi connectivity index (χ1n) is 8.31. The molecule has 25 heavy (non-hydrogen) atoms. The molecular weight excluding hydrogens is 320 g/mol. The zero-order chi connectivity index (χ0) is 17.8. The fraction of sp³-hybridized carbons (Fsp3) is 0.368. The zero-order valence-electron chi connectivity index (χ0n) is 14.5. The molecule has 0 spiro atoms. The molecular formula is C19H22N2O4. The Morgan fingerprint density at radius 3 is 2.56 bits per heavy atom. The van der Waals surface area contributed by atoms with Crippen molar-refractivity contribution in [3.05, 3.63) is 63.7 Å². The van der Waals surface area contributed by atoms with Crippen LogP contribution in [-0.4, -0.2) is 30.6 Å². The first kappa shape index (κ1) is 17.2. The number of nitrogens with zero attached hydrogens (tertiary/aromatic N) is 2. The van der Waals surface area contributed by atoms with Crippen molar-refractivity contribution >= 4 is 5.69 Å². The number of benzene rings is 2. The molecule has 2 aromatic carbocycles. The number of hydrogen-bond acceptors (Lipinski definition) is 5. The molecule has 0 N–H and O–H groups in total. The molecule has 1 heterocycles. The van der Waals surface area contributed by atoms with Crippen LogP contribution in [-0.2, 0) is 6.54 Å². The van der Waals surface area contributed by atoms with Gasteiger partial charge in [-0.05, 0) is 43.1 Å². The predicted molar refractivity (Wildman–Crippen MR) is 95.0 cm³/mol. The Morgan fingerprint density at radius 2 is 1.92 bits per heavy atom. The van der Waals surface area contributed by atoms with Gasteiger partial charge in [-0.1, -0.05) is 12.1 Å². The van der Waals surface area contributed by atoms with E-state index in [1.807, 2.05) is 30.3 Å². The molecule has 0 radical (unpaired) electrons. The summed E-state index contributed by atoms with van der Waals surface area (Å²) >= 11 is 0. The summed E-state index contributed by atoms with van der Waals surface area (Å²) in [6.07, 6.45) is 2.16. The molecule has 1 saturated heterocycles. The van der Waals surface area contributed by atoms with Gasteiger partial charge < -0.3 is 9.47 Å². The monoisotopic (exact) mass is 342 g/mol. The molecule has 0 saturated carbocycles. The minimum absolute atomic E-state index is 0.121. The second-order valence-corrected chi connectivity index (χ2v) is 6.16. The van der Waals surface area contributed by atoms with Crippen LogP contribution in [0.5, 0.6) is 11.5 Å². The second kappa shape index (κ2) is 7.53. The molecule has 6 heteroatoms. The Balaban J connectivity index is 1.82. The molecule has 1 aliphatic heterocycles. The van der Waals surface area contributed by atoms with Gasteiger partial charge in [0.25, 0.3) is 5.69 Å². The van der Waals surface area contributed by atoms with Gasteiger partial charge in [0.05, 0.1) is 19.1 Å². The van der Waals surface area contributed by atoms with Crippen molar-refractivity contribution in [3.63, 3.8) is 0 Å². The van der Waals surface area contributed by atoms with E-state index >= 15 is 0 Å². The highest BCUT2D eigenvalue weighted by molar-refractivity contribution is 5.43. The van der Waals surface area contributed by atoms with Crippen LogP contribution in [0.2, 0.25) is 0 Å². The number of nitro benzene ring substituents is 1. The molecule has 0 amide bonds. The van der Waals surface area contributed by atoms with Gasteiger partial charge in [-0.3, -0.25) is 15.0 Å². The van der Waals surface area contributed by atoms with E-state index in [0.29, 0.717) is 0 Å². The quantitative estimate of drug-likeness (QED) is 0.587. The standard InChI is InChI=1S/C19H22N2O4/c1-24-16-9-10-19(25-2)17(12-16)18-4-3-11-20(18)13-14-5-7-15(8-6-14)21(22)23/h5-10,12,18H,3-4,11,13H2,1-2H3/t18-/m1/s1. The van der Waals surface area contributed by atoms with Crippen LogP contribution in [0.15, 0.2) is 42.5 Å². The van der Waals surface area contributed by atoms with Gasteiger partial charge in [0.1, 0.15) is 11.5 Å². The molecule has 3 rings (SSSR count). The molecule has 1 atom stereocenters. The van der Waals surface area contributed by atoms with Crippen molar-refractivity contribution in [2.45, 2.75) is 25.4 Å². The number of ether oxygens (including phenoxy) is 2. The van der Waals surface area contributed by atoms with E-state index in [1.165, 1.54) is 0 Å². The Labute approximate surface area is 147 Å². The fourth-order valence-electron chi connectivity index (χ4n) is 3.42. The van der Waals surface area contributed by atoms with Crippen LogP contribution in [0.4, 0.5) is 5.69 Å². The lowest BCUT2D eigenvalue weighted by molar-refractivity contribution is -0.384. The van der Waals surface area contributed by atoms with Crippen LogP contribution < -0.4 is 9.47 Å². The first-order chi connectivity index (χ1) is 12.1. The van der Waals surface area contributed by atoms with Crippen LogP contribution >= 0.6 is 0 Å². The Hall–Kier alpha value is -2.60. The lowest BCUT2D eigenvalue weighted by Gasteiger charge is -2.26. The summed E-state index contributed by atoms with van der Waals surface area (Å²) in [5.41, 5.74) is 2.32. The van der Waals surface area contributed by atoms with E-state index < -0.39 is 0 Å². The maximum atomic E-state index is 10.8. The lowest BCUT2D eigenvalue weighted by Crippen LogP contribution is -2.23. The summed E-state index contributed by atoms with van der Waals surface area (Å²) in [5, 5.41) is 10.8. The third-order valence-electron chi connectivity index (χ3n) is 4.69. The first-order valence-corrected chi connectivity index (χ1v) is 8.31. The molecule has 0 aromatic heterocycles. The molecule has 0 bridgehead atoms. The highest BCUT2D eigenvalue weighted by atomic mass is 16.6. The molecule has 1 fully saturated rings. The Bertz CT molecular complexity index is 746. The summed E-state index contributed by atoms with van der Waals surface area (Å²) in [5.74, 6) is 1.68. The van der Waals surface area contributed by atoms with Gasteiger partial charge in [-0.25, -0.2) is 0 Å². The van der Waals surface area contributed by atoms with E-state index in [1.54, 1.807) is 26.4 Å². The Kier molecular flexibility index (Phi) is 5.19. The van der Waals surface area contributed by atoms with Gasteiger partial charge in [0.15, 0.2) is 0 Å². The van der Waals surface area contributed by atoms with Crippen LogP contribution in [0, 0.1) is 10.1 Å². The largest absolute Gasteiger partial charge is 0.497 e. The van der Waals surface area contributed by atoms with Crippen LogP contribution in [0.1, 0.15) is 30.0 Å². The van der Waals surface area contributed by atoms with Gasteiger partial charge in [0, 0.05) is 30.3 Å². The van der Waals surface area contributed by atoms with Gasteiger partial charge in [0.2, 0.25) is 0 Å². The number of hydrogen-bond donors (Lipinski definition) is 0. The van der Waals surface area contributed by atoms with Crippen molar-refractivity contribution in [1.29, 1.82) is 0 Å². The van der Waals surface area contributed by atoms with Crippen molar-refractivity contribution in [2.24, 2.45) is 0 Å². The number of nitro groups is 1. The third kappa shape index (κ3) is 3.74. The maximum Gasteiger partial charge on any atom is 0.269 e. The predicted octanol–water partition coefficient (Wildman–Crippen LogP) is 3.95. The zero-order valence-corrected chi connectivity index (χ0v) is 14.5. The van der Waals surface area contributed by atoms with Crippen molar-refractivity contribution < 1.29 is 14.4 Å². The molecule has 1 aliphatic rings. The Morgan fingerprint density at radius 1 is 1.16 bits per heavy atom. The van der Waals surface area contributed by atoms with E-state index in [2.05, 4.69) is 4.90 Å². The van der Waals surface area contributed by atoms with Crippen LogP contribution in [0.25, 0.3) is 0 Å². The van der Waals surface area contributed by atoms with Gasteiger partial charge in [-0.2, -0.15) is 0 Å². The van der Waals surface area contributed by atoms with Crippen molar-refractivity contribution in [2.75, 3.05) is 20.8 Å². The highest BCUT2D eigenvalue weighted by Gasteiger charge is 2.28. The third-order valence-corrected chi connectivity index (χ3v) is 4.69. The minimum atomic E-state index is -0.371. The number of rotatable bonds is 6. The van der Waals surface area contributed by atoms with Gasteiger partial charge >= 0.3 is 0 Å². The molecule has 0 aliphatic carbocycles. The SMILES string of the molecule is COc1ccc(OC)c([C@H]2CCCN2Cc2ccc([N+](=O)[O-])cc2)c1. The number of likely N-dealkylation sites (tertiary alicyclic amines) is 1. The summed E-state index contributed by atoms with van der Waals surface area (Å²) in [6.45, 7) is 1.74. The van der Waals surface area contributed by atoms with E-state index in [4.69, 9.17) is 9.47 Å². The normalized spacial score (nSPS) is 17.4. The molecule has 6 nitrogen and oxygen atoms in total. The molecule has 0 unspecified atom stereocenters. The summed E-state index contributed by atoms with van der Waals surface area (Å²) in [7, 11) is 3.34. The highest BCUT2D eigenvalue weighted by Crippen LogP contribution is 2.39. The molecule has 132 valence electrons. The maximum absolute atomic E-state index is 10.8. The minimum Gasteiger partial charge on any atom is -0.497 e. The van der Waals surface area contributed by atoms with E-state index in [0.717, 1.165) is 48.6 Å². The van der Waals surface area contributed by atoms with Crippen molar-refractivity contribution in [3.8, 4) is 11.5 Å². The summed E-state index contributed by atoms with van der Waals surface area (Å²) in [6, 6.07) is 12.9. The second-order valence-electron chi connectivity index (χ2n) is 6.16. The van der Waals surface area contributed by atoms with E-state index in [-0.39, 0.29) is 16.7 Å². The van der Waals surface area contributed by atoms with E-state index in [9.17, 15) is 10.1 Å².